The van der Waals surface area contributed by atoms with E-state index in [0.717, 1.165) is 12.0 Å². The van der Waals surface area contributed by atoms with E-state index in [1.165, 1.54) is 0 Å². The Kier molecular flexibility index (Phi) is 5.70. The molecule has 1 N–H and O–H groups in total. The molecule has 0 aromatic rings. The van der Waals surface area contributed by atoms with Crippen LogP contribution in [0.1, 0.15) is 19.8 Å². The summed E-state index contributed by atoms with van der Waals surface area (Å²) in [4.78, 5) is 10.3. The zero-order valence-electron chi connectivity index (χ0n) is 7.29. The summed E-state index contributed by atoms with van der Waals surface area (Å²) in [5.41, 5.74) is 0.823. The molecule has 0 saturated heterocycles. The van der Waals surface area contributed by atoms with Gasteiger partial charge in [0.2, 0.25) is 0 Å². The minimum Gasteiger partial charge on any atom is -0.481 e. The molecule has 12 heavy (non-hydrogen) atoms. The van der Waals surface area contributed by atoms with Crippen LogP contribution in [0, 0.1) is 0 Å². The molecule has 2 heteroatoms. The largest absolute Gasteiger partial charge is 0.481 e. The lowest BCUT2D eigenvalue weighted by Gasteiger charge is -1.94. The second-order valence-electron chi connectivity index (χ2n) is 2.36. The summed E-state index contributed by atoms with van der Waals surface area (Å²) in [5.74, 6) is -0.800. The van der Waals surface area contributed by atoms with Gasteiger partial charge in [0.25, 0.3) is 0 Å². The molecule has 0 rings (SSSR count). The minimum absolute atomic E-state index is 0.0874. The Hall–Kier alpha value is -1.31. The van der Waals surface area contributed by atoms with Crippen molar-refractivity contribution in [3.05, 3.63) is 36.5 Å². The van der Waals surface area contributed by atoms with Crippen LogP contribution < -0.4 is 0 Å². The van der Waals surface area contributed by atoms with Crippen molar-refractivity contribution in [2.45, 2.75) is 19.8 Å². The van der Waals surface area contributed by atoms with E-state index >= 15 is 0 Å². The predicted octanol–water partition coefficient (Wildman–Crippen LogP) is 2.54. The molecule has 0 atom stereocenters. The summed E-state index contributed by atoms with van der Waals surface area (Å²) in [6.07, 6.45) is 8.14. The van der Waals surface area contributed by atoms with Crippen LogP contribution in [0.15, 0.2) is 36.5 Å². The summed E-state index contributed by atoms with van der Waals surface area (Å²) in [7, 11) is 0. The quantitative estimate of drug-likeness (QED) is 0.503. The molecule has 0 aliphatic heterocycles. The van der Waals surface area contributed by atoms with Gasteiger partial charge in [-0.05, 0) is 18.9 Å². The van der Waals surface area contributed by atoms with Gasteiger partial charge in [0.05, 0.1) is 6.42 Å². The molecule has 0 aliphatic carbocycles. The van der Waals surface area contributed by atoms with E-state index in [-0.39, 0.29) is 6.42 Å². The molecule has 0 radical (unpaired) electrons. The Balaban J connectivity index is 4.00. The summed E-state index contributed by atoms with van der Waals surface area (Å²) >= 11 is 0. The molecule has 66 valence electrons. The highest BCUT2D eigenvalue weighted by Gasteiger charge is 1.97. The van der Waals surface area contributed by atoms with Crippen molar-refractivity contribution in [2.75, 3.05) is 0 Å². The van der Waals surface area contributed by atoms with Crippen molar-refractivity contribution >= 4 is 5.97 Å². The monoisotopic (exact) mass is 166 g/mol. The van der Waals surface area contributed by atoms with E-state index in [4.69, 9.17) is 5.11 Å². The van der Waals surface area contributed by atoms with Gasteiger partial charge in [-0.2, -0.15) is 0 Å². The maximum Gasteiger partial charge on any atom is 0.307 e. The second-order valence-corrected chi connectivity index (χ2v) is 2.36. The lowest BCUT2D eigenvalue weighted by Crippen LogP contribution is -1.94. The number of hydrogen-bond donors (Lipinski definition) is 1. The standard InChI is InChI=1S/C10H14O2/c1-3-5-6-7-9(4-2)8-10(11)12/h3-4,6-7H,1,5,8H2,2H3,(H,11,12)/b7-6+,9-4+. The number of rotatable bonds is 5. The van der Waals surface area contributed by atoms with Gasteiger partial charge in [0.1, 0.15) is 0 Å². The van der Waals surface area contributed by atoms with E-state index in [1.807, 2.05) is 19.1 Å². The van der Waals surface area contributed by atoms with Gasteiger partial charge >= 0.3 is 5.97 Å². The molecule has 0 fully saturated rings. The molecule has 0 unspecified atom stereocenters. The summed E-state index contributed by atoms with van der Waals surface area (Å²) < 4.78 is 0. The maximum atomic E-state index is 10.3. The third kappa shape index (κ3) is 5.47. The first-order valence-electron chi connectivity index (χ1n) is 3.85. The van der Waals surface area contributed by atoms with E-state index < -0.39 is 5.97 Å². The predicted molar refractivity (Wildman–Crippen MR) is 50.0 cm³/mol. The van der Waals surface area contributed by atoms with Gasteiger partial charge < -0.3 is 5.11 Å². The number of allylic oxidation sites excluding steroid dienone is 4. The first-order chi connectivity index (χ1) is 5.70. The Bertz CT molecular complexity index is 212. The third-order valence-corrected chi connectivity index (χ3v) is 1.36. The SMILES string of the molecule is C=CC/C=C/C(=C\C)CC(=O)O. The van der Waals surface area contributed by atoms with Crippen LogP contribution >= 0.6 is 0 Å². The molecule has 0 heterocycles. The van der Waals surface area contributed by atoms with Crippen LogP contribution in [0.4, 0.5) is 0 Å². The topological polar surface area (TPSA) is 37.3 Å². The van der Waals surface area contributed by atoms with Crippen LogP contribution in [0.25, 0.3) is 0 Å². The zero-order valence-corrected chi connectivity index (χ0v) is 7.29. The number of hydrogen-bond acceptors (Lipinski definition) is 1. The van der Waals surface area contributed by atoms with E-state index in [1.54, 1.807) is 12.2 Å². The van der Waals surface area contributed by atoms with Crippen LogP contribution in [-0.4, -0.2) is 11.1 Å². The van der Waals surface area contributed by atoms with Crippen molar-refractivity contribution in [2.24, 2.45) is 0 Å². The Labute approximate surface area is 72.9 Å². The van der Waals surface area contributed by atoms with Crippen LogP contribution in [0.2, 0.25) is 0 Å². The zero-order chi connectivity index (χ0) is 9.40. The Morgan fingerprint density at radius 1 is 1.58 bits per heavy atom. The molecule has 0 spiro atoms. The van der Waals surface area contributed by atoms with E-state index in [9.17, 15) is 4.79 Å². The van der Waals surface area contributed by atoms with Crippen molar-refractivity contribution < 1.29 is 9.90 Å². The van der Waals surface area contributed by atoms with Crippen LogP contribution in [-0.2, 0) is 4.79 Å². The highest BCUT2D eigenvalue weighted by Crippen LogP contribution is 2.03. The lowest BCUT2D eigenvalue weighted by molar-refractivity contribution is -0.136. The van der Waals surface area contributed by atoms with Gasteiger partial charge in [-0.3, -0.25) is 4.79 Å². The normalized spacial score (nSPS) is 11.9. The highest BCUT2D eigenvalue weighted by atomic mass is 16.4. The first-order valence-corrected chi connectivity index (χ1v) is 3.85. The van der Waals surface area contributed by atoms with Crippen molar-refractivity contribution in [3.8, 4) is 0 Å². The molecular weight excluding hydrogens is 152 g/mol. The molecule has 0 aromatic carbocycles. The Morgan fingerprint density at radius 3 is 2.67 bits per heavy atom. The fourth-order valence-electron chi connectivity index (χ4n) is 0.747. The first kappa shape index (κ1) is 10.7. The fraction of sp³-hybridized carbons (Fsp3) is 0.300. The number of carboxylic acid groups (broad SMARTS) is 1. The van der Waals surface area contributed by atoms with Gasteiger partial charge in [-0.15, -0.1) is 6.58 Å². The number of carbonyl (C=O) groups is 1. The van der Waals surface area contributed by atoms with Crippen LogP contribution in [0.3, 0.4) is 0 Å². The molecule has 0 saturated carbocycles. The number of aliphatic carboxylic acids is 1. The third-order valence-electron chi connectivity index (χ3n) is 1.36. The molecular formula is C10H14O2. The molecule has 0 aromatic heterocycles. The van der Waals surface area contributed by atoms with Crippen LogP contribution in [0.5, 0.6) is 0 Å². The average Bonchev–Trinajstić information content (AvgIpc) is 2.02. The Morgan fingerprint density at radius 2 is 2.25 bits per heavy atom. The van der Waals surface area contributed by atoms with E-state index in [0.29, 0.717) is 0 Å². The van der Waals surface area contributed by atoms with Crippen molar-refractivity contribution in [1.29, 1.82) is 0 Å². The maximum absolute atomic E-state index is 10.3. The van der Waals surface area contributed by atoms with Gasteiger partial charge in [0.15, 0.2) is 0 Å². The lowest BCUT2D eigenvalue weighted by atomic mass is 10.1. The molecule has 0 aliphatic rings. The smallest absolute Gasteiger partial charge is 0.307 e. The fourth-order valence-corrected chi connectivity index (χ4v) is 0.747. The minimum atomic E-state index is -0.800. The molecule has 0 amide bonds. The highest BCUT2D eigenvalue weighted by molar-refractivity contribution is 5.70. The summed E-state index contributed by atoms with van der Waals surface area (Å²) in [5, 5.41) is 8.48. The second kappa shape index (κ2) is 6.40. The van der Waals surface area contributed by atoms with Gasteiger partial charge in [-0.1, -0.05) is 24.3 Å². The van der Waals surface area contributed by atoms with Crippen molar-refractivity contribution in [3.63, 3.8) is 0 Å². The van der Waals surface area contributed by atoms with Crippen molar-refractivity contribution in [1.82, 2.24) is 0 Å². The number of carboxylic acids is 1. The average molecular weight is 166 g/mol. The summed E-state index contributed by atoms with van der Waals surface area (Å²) in [6.45, 7) is 5.39. The summed E-state index contributed by atoms with van der Waals surface area (Å²) in [6, 6.07) is 0. The van der Waals surface area contributed by atoms with Gasteiger partial charge in [-0.25, -0.2) is 0 Å². The van der Waals surface area contributed by atoms with Gasteiger partial charge in [0, 0.05) is 0 Å². The molecule has 0 bridgehead atoms. The van der Waals surface area contributed by atoms with E-state index in [2.05, 4.69) is 6.58 Å². The molecule has 2 nitrogen and oxygen atoms in total.